The zero-order chi connectivity index (χ0) is 14.0. The highest BCUT2D eigenvalue weighted by atomic mass is 35.5. The Kier molecular flexibility index (Phi) is 4.49. The fraction of sp³-hybridized carbons (Fsp3) is 0.600. The minimum Gasteiger partial charge on any atom is -0.390 e. The Labute approximate surface area is 118 Å². The second-order valence-corrected chi connectivity index (χ2v) is 6.18. The van der Waals surface area contributed by atoms with Crippen molar-refractivity contribution in [2.45, 2.75) is 50.7 Å². The maximum Gasteiger partial charge on any atom is 0.126 e. The number of aliphatic hydroxyl groups is 2. The summed E-state index contributed by atoms with van der Waals surface area (Å²) in [5.74, 6) is 0.187. The average molecular weight is 287 g/mol. The van der Waals surface area contributed by atoms with Gasteiger partial charge in [0.05, 0.1) is 11.7 Å². The van der Waals surface area contributed by atoms with Gasteiger partial charge in [-0.25, -0.2) is 4.39 Å². The van der Waals surface area contributed by atoms with Gasteiger partial charge in [-0.3, -0.25) is 0 Å². The molecule has 1 saturated carbocycles. The molecule has 0 aliphatic heterocycles. The first-order valence-corrected chi connectivity index (χ1v) is 7.13. The summed E-state index contributed by atoms with van der Waals surface area (Å²) in [6, 6.07) is 4.27. The summed E-state index contributed by atoms with van der Waals surface area (Å²) >= 11 is 5.83. The van der Waals surface area contributed by atoms with Gasteiger partial charge >= 0.3 is 0 Å². The summed E-state index contributed by atoms with van der Waals surface area (Å²) in [4.78, 5) is 0. The molecule has 106 valence electrons. The van der Waals surface area contributed by atoms with Gasteiger partial charge in [0.25, 0.3) is 0 Å². The molecule has 1 fully saturated rings. The molecular weight excluding hydrogens is 267 g/mol. The van der Waals surface area contributed by atoms with E-state index in [-0.39, 0.29) is 6.42 Å². The molecule has 0 amide bonds. The molecule has 1 aromatic carbocycles. The van der Waals surface area contributed by atoms with Crippen LogP contribution in [0.25, 0.3) is 0 Å². The fourth-order valence-corrected chi connectivity index (χ4v) is 2.89. The molecule has 0 aromatic heterocycles. The van der Waals surface area contributed by atoms with E-state index in [2.05, 4.69) is 6.92 Å². The number of halogens is 2. The number of aliphatic hydroxyl groups excluding tert-OH is 1. The Hall–Kier alpha value is -0.640. The predicted molar refractivity (Wildman–Crippen MR) is 73.7 cm³/mol. The molecular formula is C15H20ClFO2. The molecule has 1 aliphatic rings. The third-order valence-corrected chi connectivity index (χ3v) is 4.42. The Morgan fingerprint density at radius 1 is 1.42 bits per heavy atom. The van der Waals surface area contributed by atoms with E-state index in [1.54, 1.807) is 0 Å². The second-order valence-electron chi connectivity index (χ2n) is 5.74. The molecule has 1 unspecified atom stereocenters. The van der Waals surface area contributed by atoms with Gasteiger partial charge in [0.1, 0.15) is 5.82 Å². The van der Waals surface area contributed by atoms with Crippen molar-refractivity contribution in [1.82, 2.24) is 0 Å². The van der Waals surface area contributed by atoms with Crippen LogP contribution >= 0.6 is 11.6 Å². The molecule has 1 aliphatic carbocycles. The van der Waals surface area contributed by atoms with Crippen LogP contribution < -0.4 is 0 Å². The van der Waals surface area contributed by atoms with E-state index in [0.717, 1.165) is 12.8 Å². The summed E-state index contributed by atoms with van der Waals surface area (Å²) in [7, 11) is 0. The van der Waals surface area contributed by atoms with Crippen LogP contribution in [0, 0.1) is 11.7 Å². The van der Waals surface area contributed by atoms with Crippen LogP contribution in [0.3, 0.4) is 0 Å². The van der Waals surface area contributed by atoms with Crippen molar-refractivity contribution in [3.05, 3.63) is 34.6 Å². The van der Waals surface area contributed by atoms with Crippen molar-refractivity contribution in [1.29, 1.82) is 0 Å². The van der Waals surface area contributed by atoms with E-state index >= 15 is 0 Å². The fourth-order valence-electron chi connectivity index (χ4n) is 2.69. The van der Waals surface area contributed by atoms with Gasteiger partial charge in [0.2, 0.25) is 0 Å². The average Bonchev–Trinajstić information content (AvgIpc) is 2.37. The molecule has 0 heterocycles. The highest BCUT2D eigenvalue weighted by Gasteiger charge is 2.38. The molecule has 1 atom stereocenters. The summed E-state index contributed by atoms with van der Waals surface area (Å²) in [6.07, 6.45) is 2.07. The van der Waals surface area contributed by atoms with Crippen LogP contribution in [-0.4, -0.2) is 21.9 Å². The van der Waals surface area contributed by atoms with Crippen molar-refractivity contribution in [3.63, 3.8) is 0 Å². The molecule has 19 heavy (non-hydrogen) atoms. The lowest BCUT2D eigenvalue weighted by atomic mass is 9.75. The zero-order valence-electron chi connectivity index (χ0n) is 11.1. The lowest BCUT2D eigenvalue weighted by Crippen LogP contribution is -2.46. The Bertz CT molecular complexity index is 442. The lowest BCUT2D eigenvalue weighted by molar-refractivity contribution is -0.102. The largest absolute Gasteiger partial charge is 0.390 e. The summed E-state index contributed by atoms with van der Waals surface area (Å²) in [5.41, 5.74) is -0.742. The standard InChI is InChI=1S/C15H20ClFO2/c1-10-4-6-15(19,7-5-10)14(18)9-11-8-12(16)2-3-13(11)17/h2-3,8,10,14,18-19H,4-7,9H2,1H3. The SMILES string of the molecule is CC1CCC(O)(C(O)Cc2cc(Cl)ccc2F)CC1. The molecule has 4 heteroatoms. The summed E-state index contributed by atoms with van der Waals surface area (Å²) < 4.78 is 13.6. The maximum atomic E-state index is 13.6. The highest BCUT2D eigenvalue weighted by Crippen LogP contribution is 2.35. The Morgan fingerprint density at radius 3 is 2.68 bits per heavy atom. The van der Waals surface area contributed by atoms with E-state index in [4.69, 9.17) is 11.6 Å². The van der Waals surface area contributed by atoms with Crippen LogP contribution in [-0.2, 0) is 6.42 Å². The van der Waals surface area contributed by atoms with Gasteiger partial charge in [-0.1, -0.05) is 18.5 Å². The van der Waals surface area contributed by atoms with E-state index in [0.29, 0.717) is 29.3 Å². The van der Waals surface area contributed by atoms with E-state index in [9.17, 15) is 14.6 Å². The summed E-state index contributed by atoms with van der Waals surface area (Å²) in [6.45, 7) is 2.14. The van der Waals surface area contributed by atoms with Crippen LogP contribution in [0.2, 0.25) is 5.02 Å². The molecule has 0 radical (unpaired) electrons. The first kappa shape index (κ1) is 14.8. The second kappa shape index (κ2) is 5.78. The monoisotopic (exact) mass is 286 g/mol. The van der Waals surface area contributed by atoms with Gasteiger partial charge in [0, 0.05) is 11.4 Å². The van der Waals surface area contributed by atoms with Gasteiger partial charge in [-0.15, -0.1) is 0 Å². The Balaban J connectivity index is 2.08. The van der Waals surface area contributed by atoms with Crippen LogP contribution in [0.5, 0.6) is 0 Å². The van der Waals surface area contributed by atoms with Crippen molar-refractivity contribution in [2.24, 2.45) is 5.92 Å². The molecule has 0 bridgehead atoms. The van der Waals surface area contributed by atoms with E-state index < -0.39 is 17.5 Å². The predicted octanol–water partition coefficient (Wildman–Crippen LogP) is 3.32. The van der Waals surface area contributed by atoms with Gasteiger partial charge < -0.3 is 10.2 Å². The quantitative estimate of drug-likeness (QED) is 0.895. The van der Waals surface area contributed by atoms with E-state index in [1.807, 2.05) is 0 Å². The van der Waals surface area contributed by atoms with Crippen molar-refractivity contribution in [3.8, 4) is 0 Å². The van der Waals surface area contributed by atoms with Crippen molar-refractivity contribution < 1.29 is 14.6 Å². The van der Waals surface area contributed by atoms with Crippen molar-refractivity contribution in [2.75, 3.05) is 0 Å². The van der Waals surface area contributed by atoms with E-state index in [1.165, 1.54) is 18.2 Å². The first-order valence-electron chi connectivity index (χ1n) is 6.75. The highest BCUT2D eigenvalue weighted by molar-refractivity contribution is 6.30. The minimum atomic E-state index is -1.10. The van der Waals surface area contributed by atoms with Crippen LogP contribution in [0.1, 0.15) is 38.2 Å². The summed E-state index contributed by atoms with van der Waals surface area (Å²) in [5, 5.41) is 21.1. The number of benzene rings is 1. The molecule has 2 rings (SSSR count). The zero-order valence-corrected chi connectivity index (χ0v) is 11.8. The third-order valence-electron chi connectivity index (χ3n) is 4.18. The molecule has 0 spiro atoms. The number of hydrogen-bond donors (Lipinski definition) is 2. The minimum absolute atomic E-state index is 0.0945. The lowest BCUT2D eigenvalue weighted by Gasteiger charge is -2.38. The maximum absolute atomic E-state index is 13.6. The van der Waals surface area contributed by atoms with Gasteiger partial charge in [-0.2, -0.15) is 0 Å². The third kappa shape index (κ3) is 3.47. The normalized spacial score (nSPS) is 29.2. The van der Waals surface area contributed by atoms with Crippen molar-refractivity contribution >= 4 is 11.6 Å². The van der Waals surface area contributed by atoms with Gasteiger partial charge in [0.15, 0.2) is 0 Å². The van der Waals surface area contributed by atoms with Crippen LogP contribution in [0.15, 0.2) is 18.2 Å². The smallest absolute Gasteiger partial charge is 0.126 e. The number of rotatable bonds is 3. The number of hydrogen-bond acceptors (Lipinski definition) is 2. The van der Waals surface area contributed by atoms with Crippen LogP contribution in [0.4, 0.5) is 4.39 Å². The topological polar surface area (TPSA) is 40.5 Å². The molecule has 2 N–H and O–H groups in total. The molecule has 2 nitrogen and oxygen atoms in total. The van der Waals surface area contributed by atoms with Gasteiger partial charge in [-0.05, 0) is 55.4 Å². The Morgan fingerprint density at radius 2 is 2.05 bits per heavy atom. The molecule has 0 saturated heterocycles. The molecule has 1 aromatic rings. The first-order chi connectivity index (χ1) is 8.90.